The molecular formula is C21H23N3O2. The number of aryl methyl sites for hydroxylation is 1. The molecule has 5 heteroatoms. The molecule has 1 heterocycles. The van der Waals surface area contributed by atoms with E-state index in [-0.39, 0.29) is 17.9 Å². The standard InChI is InChI=1S/C21H23N3O2/c1-2-3-4-7-16-10-12-17(13-11-16)23-21(26)15-24-19-9-6-5-8-18(19)20(25)14-22-24/h5-6,8-14H,2-4,7,15H2,1H3,(H,23,26). The van der Waals surface area contributed by atoms with Crippen LogP contribution in [0, 0.1) is 0 Å². The van der Waals surface area contributed by atoms with Gasteiger partial charge in [0, 0.05) is 11.1 Å². The number of carbonyl (C=O) groups excluding carboxylic acids is 1. The van der Waals surface area contributed by atoms with E-state index in [1.807, 2.05) is 18.2 Å². The van der Waals surface area contributed by atoms with Crippen molar-refractivity contribution < 1.29 is 4.79 Å². The Balaban J connectivity index is 1.66. The first-order valence-corrected chi connectivity index (χ1v) is 9.01. The zero-order valence-corrected chi connectivity index (χ0v) is 14.9. The molecule has 0 atom stereocenters. The van der Waals surface area contributed by atoms with Crippen LogP contribution in [0.15, 0.2) is 59.5 Å². The van der Waals surface area contributed by atoms with Crippen LogP contribution in [-0.2, 0) is 17.8 Å². The molecule has 26 heavy (non-hydrogen) atoms. The molecule has 0 spiro atoms. The molecule has 134 valence electrons. The number of rotatable bonds is 7. The van der Waals surface area contributed by atoms with Crippen molar-refractivity contribution >= 4 is 22.5 Å². The lowest BCUT2D eigenvalue weighted by atomic mass is 10.1. The summed E-state index contributed by atoms with van der Waals surface area (Å²) in [4.78, 5) is 24.2. The summed E-state index contributed by atoms with van der Waals surface area (Å²) in [6.07, 6.45) is 5.95. The minimum atomic E-state index is -0.176. The molecule has 0 fully saturated rings. The zero-order chi connectivity index (χ0) is 18.4. The maximum absolute atomic E-state index is 12.4. The first-order valence-electron chi connectivity index (χ1n) is 9.01. The Morgan fingerprint density at radius 2 is 1.85 bits per heavy atom. The molecule has 0 bridgehead atoms. The minimum Gasteiger partial charge on any atom is -0.324 e. The molecule has 1 aromatic heterocycles. The Hall–Kier alpha value is -2.95. The number of benzene rings is 2. The predicted molar refractivity (Wildman–Crippen MR) is 104 cm³/mol. The normalized spacial score (nSPS) is 10.8. The molecule has 0 unspecified atom stereocenters. The molecule has 0 aliphatic heterocycles. The first kappa shape index (κ1) is 17.9. The Bertz CT molecular complexity index is 945. The SMILES string of the molecule is CCCCCc1ccc(NC(=O)Cn2ncc(=O)c3ccccc32)cc1. The number of anilines is 1. The quantitative estimate of drug-likeness (QED) is 0.661. The number of hydrogen-bond donors (Lipinski definition) is 1. The van der Waals surface area contributed by atoms with E-state index in [0.29, 0.717) is 10.9 Å². The summed E-state index contributed by atoms with van der Waals surface area (Å²) in [5.41, 5.74) is 2.56. The maximum atomic E-state index is 12.4. The van der Waals surface area contributed by atoms with Crippen molar-refractivity contribution in [3.8, 4) is 0 Å². The summed E-state index contributed by atoms with van der Waals surface area (Å²) in [5.74, 6) is -0.176. The fourth-order valence-corrected chi connectivity index (χ4v) is 2.96. The molecule has 1 amide bonds. The van der Waals surface area contributed by atoms with Gasteiger partial charge in [0.1, 0.15) is 6.54 Å². The van der Waals surface area contributed by atoms with E-state index in [2.05, 4.69) is 29.5 Å². The Kier molecular flexibility index (Phi) is 5.79. The van der Waals surface area contributed by atoms with Crippen LogP contribution in [0.4, 0.5) is 5.69 Å². The number of para-hydroxylation sites is 1. The third-order valence-corrected chi connectivity index (χ3v) is 4.36. The lowest BCUT2D eigenvalue weighted by Crippen LogP contribution is -2.22. The monoisotopic (exact) mass is 349 g/mol. The van der Waals surface area contributed by atoms with E-state index >= 15 is 0 Å². The topological polar surface area (TPSA) is 64.0 Å². The minimum absolute atomic E-state index is 0.0546. The number of amides is 1. The fourth-order valence-electron chi connectivity index (χ4n) is 2.96. The maximum Gasteiger partial charge on any atom is 0.246 e. The van der Waals surface area contributed by atoms with Gasteiger partial charge in [0.2, 0.25) is 11.3 Å². The second-order valence-corrected chi connectivity index (χ2v) is 6.39. The van der Waals surface area contributed by atoms with Crippen molar-refractivity contribution in [3.63, 3.8) is 0 Å². The number of fused-ring (bicyclic) bond motifs is 1. The van der Waals surface area contributed by atoms with Gasteiger partial charge < -0.3 is 5.32 Å². The highest BCUT2D eigenvalue weighted by Gasteiger charge is 2.08. The first-order chi connectivity index (χ1) is 12.7. The predicted octanol–water partition coefficient (Wildman–Crippen LogP) is 3.77. The highest BCUT2D eigenvalue weighted by atomic mass is 16.2. The molecule has 3 rings (SSSR count). The second-order valence-electron chi connectivity index (χ2n) is 6.39. The fraction of sp³-hybridized carbons (Fsp3) is 0.286. The highest BCUT2D eigenvalue weighted by Crippen LogP contribution is 2.13. The summed E-state index contributed by atoms with van der Waals surface area (Å²) in [6, 6.07) is 15.1. The summed E-state index contributed by atoms with van der Waals surface area (Å²) < 4.78 is 1.55. The molecular weight excluding hydrogens is 326 g/mol. The molecule has 3 aromatic rings. The lowest BCUT2D eigenvalue weighted by Gasteiger charge is -2.10. The molecule has 0 radical (unpaired) electrons. The van der Waals surface area contributed by atoms with Crippen LogP contribution in [0.1, 0.15) is 31.7 Å². The van der Waals surface area contributed by atoms with Crippen LogP contribution in [0.25, 0.3) is 10.9 Å². The van der Waals surface area contributed by atoms with Gasteiger partial charge in [-0.1, -0.05) is 44.0 Å². The second kappa shape index (κ2) is 8.43. The zero-order valence-electron chi connectivity index (χ0n) is 14.9. The van der Waals surface area contributed by atoms with Crippen molar-refractivity contribution in [2.45, 2.75) is 39.2 Å². The molecule has 5 nitrogen and oxygen atoms in total. The van der Waals surface area contributed by atoms with Gasteiger partial charge in [-0.15, -0.1) is 0 Å². The summed E-state index contributed by atoms with van der Waals surface area (Å²) in [6.45, 7) is 2.25. The van der Waals surface area contributed by atoms with E-state index in [1.165, 1.54) is 31.0 Å². The average Bonchev–Trinajstić information content (AvgIpc) is 2.66. The average molecular weight is 349 g/mol. The number of nitrogens with zero attached hydrogens (tertiary/aromatic N) is 2. The Labute approximate surface area is 152 Å². The molecule has 2 aromatic carbocycles. The lowest BCUT2D eigenvalue weighted by molar-refractivity contribution is -0.116. The number of nitrogens with one attached hydrogen (secondary N) is 1. The van der Waals surface area contributed by atoms with Crippen molar-refractivity contribution in [2.24, 2.45) is 0 Å². The van der Waals surface area contributed by atoms with Crippen molar-refractivity contribution in [2.75, 3.05) is 5.32 Å². The van der Waals surface area contributed by atoms with Gasteiger partial charge in [0.15, 0.2) is 0 Å². The van der Waals surface area contributed by atoms with Crippen LogP contribution in [0.5, 0.6) is 0 Å². The van der Waals surface area contributed by atoms with E-state index in [1.54, 1.807) is 22.9 Å². The van der Waals surface area contributed by atoms with Crippen molar-refractivity contribution in [3.05, 3.63) is 70.5 Å². The molecule has 0 aliphatic rings. The van der Waals surface area contributed by atoms with Crippen LogP contribution < -0.4 is 10.7 Å². The molecule has 0 aliphatic carbocycles. The summed E-state index contributed by atoms with van der Waals surface area (Å²) in [5, 5.41) is 7.54. The van der Waals surface area contributed by atoms with Gasteiger partial charge in [0.05, 0.1) is 11.7 Å². The molecule has 0 saturated carbocycles. The number of hydrogen-bond acceptors (Lipinski definition) is 3. The van der Waals surface area contributed by atoms with E-state index in [4.69, 9.17) is 0 Å². The van der Waals surface area contributed by atoms with E-state index < -0.39 is 0 Å². The van der Waals surface area contributed by atoms with Gasteiger partial charge in [-0.3, -0.25) is 14.3 Å². The third kappa shape index (κ3) is 4.36. The van der Waals surface area contributed by atoms with Gasteiger partial charge in [-0.2, -0.15) is 5.10 Å². The van der Waals surface area contributed by atoms with E-state index in [9.17, 15) is 9.59 Å². The largest absolute Gasteiger partial charge is 0.324 e. The molecule has 0 saturated heterocycles. The highest BCUT2D eigenvalue weighted by molar-refractivity contribution is 5.91. The molecule has 1 N–H and O–H groups in total. The van der Waals surface area contributed by atoms with Crippen LogP contribution in [-0.4, -0.2) is 15.7 Å². The Morgan fingerprint density at radius 1 is 1.08 bits per heavy atom. The smallest absolute Gasteiger partial charge is 0.246 e. The van der Waals surface area contributed by atoms with E-state index in [0.717, 1.165) is 12.1 Å². The third-order valence-electron chi connectivity index (χ3n) is 4.36. The van der Waals surface area contributed by atoms with Gasteiger partial charge in [-0.05, 0) is 42.7 Å². The number of carbonyl (C=O) groups is 1. The summed E-state index contributed by atoms with van der Waals surface area (Å²) >= 11 is 0. The van der Waals surface area contributed by atoms with Crippen molar-refractivity contribution in [1.82, 2.24) is 9.78 Å². The van der Waals surface area contributed by atoms with Crippen LogP contribution >= 0.6 is 0 Å². The van der Waals surface area contributed by atoms with Crippen molar-refractivity contribution in [1.29, 1.82) is 0 Å². The number of unbranched alkanes of at least 4 members (excludes halogenated alkanes) is 2. The van der Waals surface area contributed by atoms with Crippen LogP contribution in [0.3, 0.4) is 0 Å². The van der Waals surface area contributed by atoms with Gasteiger partial charge >= 0.3 is 0 Å². The Morgan fingerprint density at radius 3 is 2.62 bits per heavy atom. The van der Waals surface area contributed by atoms with Gasteiger partial charge in [0.25, 0.3) is 0 Å². The van der Waals surface area contributed by atoms with Crippen LogP contribution in [0.2, 0.25) is 0 Å². The number of aromatic nitrogens is 2. The summed E-state index contributed by atoms with van der Waals surface area (Å²) in [7, 11) is 0. The van der Waals surface area contributed by atoms with Gasteiger partial charge in [-0.25, -0.2) is 0 Å².